The Morgan fingerprint density at radius 3 is 2.61 bits per heavy atom. The van der Waals surface area contributed by atoms with Gasteiger partial charge in [-0.15, -0.1) is 0 Å². The lowest BCUT2D eigenvalue weighted by atomic mass is 10.2. The zero-order valence-electron chi connectivity index (χ0n) is 15.9. The second-order valence-corrected chi connectivity index (χ2v) is 7.41. The number of carbonyl (C=O) groups excluding carboxylic acids is 1. The molecule has 1 aromatic heterocycles. The molecule has 1 saturated heterocycles. The number of amides is 1. The molecule has 1 aromatic carbocycles. The van der Waals surface area contributed by atoms with Gasteiger partial charge in [-0.25, -0.2) is 4.98 Å². The van der Waals surface area contributed by atoms with Gasteiger partial charge in [0.1, 0.15) is 5.82 Å². The van der Waals surface area contributed by atoms with Gasteiger partial charge in [-0.2, -0.15) is 13.8 Å². The van der Waals surface area contributed by atoms with Crippen molar-refractivity contribution < 1.29 is 13.6 Å². The zero-order chi connectivity index (χ0) is 20.1. The molecular formula is C19H23F2N5OS. The van der Waals surface area contributed by atoms with Crippen LogP contribution in [0.3, 0.4) is 0 Å². The van der Waals surface area contributed by atoms with Gasteiger partial charge in [0.25, 0.3) is 11.7 Å². The van der Waals surface area contributed by atoms with Gasteiger partial charge < -0.3 is 15.1 Å². The molecule has 0 saturated carbocycles. The van der Waals surface area contributed by atoms with Crippen molar-refractivity contribution in [2.45, 2.75) is 24.5 Å². The van der Waals surface area contributed by atoms with Gasteiger partial charge in [0.2, 0.25) is 5.95 Å². The van der Waals surface area contributed by atoms with Crippen molar-refractivity contribution in [1.82, 2.24) is 14.9 Å². The molecule has 9 heteroatoms. The summed E-state index contributed by atoms with van der Waals surface area (Å²) in [5, 5.41) is 3.12. The van der Waals surface area contributed by atoms with Crippen LogP contribution in [0.4, 0.5) is 20.5 Å². The number of hydrogen-bond donors (Lipinski definition) is 1. The van der Waals surface area contributed by atoms with E-state index in [1.54, 1.807) is 29.2 Å². The van der Waals surface area contributed by atoms with Gasteiger partial charge in [-0.3, -0.25) is 4.79 Å². The summed E-state index contributed by atoms with van der Waals surface area (Å²) in [5.74, 6) is -1.36. The molecule has 0 radical (unpaired) electrons. The van der Waals surface area contributed by atoms with E-state index >= 15 is 0 Å². The van der Waals surface area contributed by atoms with Crippen LogP contribution in [0, 0.1) is 6.92 Å². The minimum atomic E-state index is -2.56. The van der Waals surface area contributed by atoms with E-state index in [0.717, 1.165) is 18.1 Å². The van der Waals surface area contributed by atoms with Gasteiger partial charge >= 0.3 is 0 Å². The second-order valence-electron chi connectivity index (χ2n) is 6.38. The molecule has 0 spiro atoms. The van der Waals surface area contributed by atoms with Crippen LogP contribution in [0.15, 0.2) is 35.2 Å². The molecule has 1 N–H and O–H groups in total. The second kappa shape index (κ2) is 9.18. The minimum absolute atomic E-state index is 0.212. The number of hydrogen-bond acceptors (Lipinski definition) is 6. The molecule has 2 aromatic rings. The molecule has 1 amide bonds. The summed E-state index contributed by atoms with van der Waals surface area (Å²) in [6, 6.07) is 8.46. The summed E-state index contributed by atoms with van der Waals surface area (Å²) in [4.78, 5) is 25.9. The highest BCUT2D eigenvalue weighted by Crippen LogP contribution is 2.29. The number of aryl methyl sites for hydroxylation is 1. The van der Waals surface area contributed by atoms with Crippen LogP contribution in [-0.4, -0.2) is 59.3 Å². The molecule has 6 nitrogen and oxygen atoms in total. The number of anilines is 2. The van der Waals surface area contributed by atoms with Crippen LogP contribution < -0.4 is 10.2 Å². The number of benzene rings is 1. The number of nitrogens with one attached hydrogen (secondary N) is 1. The number of thioether (sulfide) groups is 1. The predicted molar refractivity (Wildman–Crippen MR) is 107 cm³/mol. The molecule has 1 aliphatic heterocycles. The number of halogens is 2. The quantitative estimate of drug-likeness (QED) is 0.740. The molecule has 0 unspecified atom stereocenters. The Balaban J connectivity index is 1.68. The third kappa shape index (κ3) is 4.89. The maximum atomic E-state index is 12.9. The summed E-state index contributed by atoms with van der Waals surface area (Å²) < 4.78 is 25.6. The zero-order valence-corrected chi connectivity index (χ0v) is 16.7. The van der Waals surface area contributed by atoms with Crippen molar-refractivity contribution in [3.63, 3.8) is 0 Å². The van der Waals surface area contributed by atoms with E-state index in [9.17, 15) is 13.6 Å². The fourth-order valence-electron chi connectivity index (χ4n) is 3.10. The lowest BCUT2D eigenvalue weighted by Gasteiger charge is -2.35. The van der Waals surface area contributed by atoms with Crippen LogP contribution in [0.1, 0.15) is 23.0 Å². The van der Waals surface area contributed by atoms with E-state index in [4.69, 9.17) is 0 Å². The van der Waals surface area contributed by atoms with Crippen LogP contribution >= 0.6 is 11.8 Å². The number of rotatable bonds is 6. The topological polar surface area (TPSA) is 61.4 Å². The Morgan fingerprint density at radius 2 is 1.93 bits per heavy atom. The summed E-state index contributed by atoms with van der Waals surface area (Å²) in [6.45, 7) is 6.90. The summed E-state index contributed by atoms with van der Waals surface area (Å²) >= 11 is 0.407. The normalized spacial score (nSPS) is 14.5. The number of aromatic nitrogens is 2. The largest absolute Gasteiger partial charge is 0.354 e. The highest BCUT2D eigenvalue weighted by molar-refractivity contribution is 7.99. The van der Waals surface area contributed by atoms with Gasteiger partial charge in [0, 0.05) is 49.4 Å². The average Bonchev–Trinajstić information content (AvgIpc) is 2.67. The van der Waals surface area contributed by atoms with Gasteiger partial charge in [-0.05, 0) is 26.0 Å². The molecule has 0 bridgehead atoms. The summed E-state index contributed by atoms with van der Waals surface area (Å²) in [5.41, 5.74) is 1.20. The van der Waals surface area contributed by atoms with E-state index in [0.29, 0.717) is 54.3 Å². The molecule has 150 valence electrons. The fraction of sp³-hybridized carbons (Fsp3) is 0.421. The first-order valence-corrected chi connectivity index (χ1v) is 10.0. The fourth-order valence-corrected chi connectivity index (χ4v) is 3.73. The Hall–Kier alpha value is -2.42. The van der Waals surface area contributed by atoms with Gasteiger partial charge in [0.05, 0.1) is 5.56 Å². The molecule has 1 fully saturated rings. The van der Waals surface area contributed by atoms with Crippen molar-refractivity contribution in [3.05, 3.63) is 41.6 Å². The van der Waals surface area contributed by atoms with E-state index in [1.807, 2.05) is 19.9 Å². The van der Waals surface area contributed by atoms with Crippen LogP contribution in [0.25, 0.3) is 0 Å². The van der Waals surface area contributed by atoms with Gasteiger partial charge in [-0.1, -0.05) is 23.9 Å². The smallest absolute Gasteiger partial charge is 0.288 e. The van der Waals surface area contributed by atoms with Crippen molar-refractivity contribution in [2.24, 2.45) is 0 Å². The minimum Gasteiger partial charge on any atom is -0.354 e. The van der Waals surface area contributed by atoms with Crippen molar-refractivity contribution in [2.75, 3.05) is 42.9 Å². The number of alkyl halides is 2. The van der Waals surface area contributed by atoms with Crippen molar-refractivity contribution in [3.8, 4) is 0 Å². The highest BCUT2D eigenvalue weighted by atomic mass is 32.2. The van der Waals surface area contributed by atoms with E-state index in [1.165, 1.54) is 0 Å². The van der Waals surface area contributed by atoms with E-state index < -0.39 is 5.76 Å². The highest BCUT2D eigenvalue weighted by Gasteiger charge is 2.25. The predicted octanol–water partition coefficient (Wildman–Crippen LogP) is 3.49. The van der Waals surface area contributed by atoms with Gasteiger partial charge in [0.15, 0.2) is 0 Å². The first-order chi connectivity index (χ1) is 13.5. The monoisotopic (exact) mass is 407 g/mol. The molecular weight excluding hydrogens is 384 g/mol. The molecule has 0 aliphatic carbocycles. The third-order valence-corrected chi connectivity index (χ3v) is 5.19. The lowest BCUT2D eigenvalue weighted by Crippen LogP contribution is -2.49. The van der Waals surface area contributed by atoms with Crippen LogP contribution in [0.2, 0.25) is 0 Å². The number of piperazine rings is 1. The number of carbonyl (C=O) groups is 1. The standard InChI is InChI=1S/C19H23F2N5OS/c1-3-22-19-23-13(2)12-16(24-19)25-8-10-26(11-9-25)17(27)14-6-4-5-7-15(14)28-18(20)21/h4-7,12,18H,3,8-11H2,1-2H3,(H,22,23,24). The molecule has 3 rings (SSSR count). The Bertz CT molecular complexity index is 828. The summed E-state index contributed by atoms with van der Waals surface area (Å²) in [6.07, 6.45) is 0. The summed E-state index contributed by atoms with van der Waals surface area (Å²) in [7, 11) is 0. The SMILES string of the molecule is CCNc1nc(C)cc(N2CCN(C(=O)c3ccccc3SC(F)F)CC2)n1. The molecule has 0 atom stereocenters. The van der Waals surface area contributed by atoms with Crippen molar-refractivity contribution in [1.29, 1.82) is 0 Å². The van der Waals surface area contributed by atoms with Crippen LogP contribution in [-0.2, 0) is 0 Å². The Kier molecular flexibility index (Phi) is 6.66. The Labute approximate surface area is 167 Å². The van der Waals surface area contributed by atoms with Crippen molar-refractivity contribution >= 4 is 29.4 Å². The molecule has 2 heterocycles. The number of nitrogens with zero attached hydrogens (tertiary/aromatic N) is 4. The first kappa shape index (κ1) is 20.3. The maximum Gasteiger partial charge on any atom is 0.288 e. The average molecular weight is 407 g/mol. The van der Waals surface area contributed by atoms with E-state index in [-0.39, 0.29) is 5.91 Å². The third-order valence-electron chi connectivity index (χ3n) is 4.40. The maximum absolute atomic E-state index is 12.9. The lowest BCUT2D eigenvalue weighted by molar-refractivity contribution is 0.0743. The molecule has 1 aliphatic rings. The molecule has 28 heavy (non-hydrogen) atoms. The first-order valence-electron chi connectivity index (χ1n) is 9.15. The Morgan fingerprint density at radius 1 is 1.21 bits per heavy atom. The van der Waals surface area contributed by atoms with Crippen LogP contribution in [0.5, 0.6) is 0 Å². The van der Waals surface area contributed by atoms with E-state index in [2.05, 4.69) is 20.2 Å².